The molecule has 3 aromatic rings. The second-order valence-corrected chi connectivity index (χ2v) is 7.59. The second-order valence-electron chi connectivity index (χ2n) is 7.59. The summed E-state index contributed by atoms with van der Waals surface area (Å²) in [4.78, 5) is 34.5. The molecule has 0 saturated carbocycles. The predicted octanol–water partition coefficient (Wildman–Crippen LogP) is 1.95. The van der Waals surface area contributed by atoms with Crippen molar-refractivity contribution >= 4 is 16.9 Å². The van der Waals surface area contributed by atoms with Crippen molar-refractivity contribution in [1.29, 1.82) is 0 Å². The lowest BCUT2D eigenvalue weighted by Gasteiger charge is -2.39. The van der Waals surface area contributed by atoms with Gasteiger partial charge in [0.15, 0.2) is 0 Å². The third-order valence-corrected chi connectivity index (χ3v) is 5.68. The number of fused-ring (bicyclic) bond motifs is 1. The normalized spacial score (nSPS) is 17.7. The Bertz CT molecular complexity index is 1060. The lowest BCUT2D eigenvalue weighted by Crippen LogP contribution is -2.54. The summed E-state index contributed by atoms with van der Waals surface area (Å²) in [7, 11) is 0. The number of amides is 1. The number of hydrogen-bond acceptors (Lipinski definition) is 4. The van der Waals surface area contributed by atoms with Crippen molar-refractivity contribution in [1.82, 2.24) is 23.9 Å². The molecule has 0 bridgehead atoms. The molecular weight excluding hydrogens is 366 g/mol. The fourth-order valence-electron chi connectivity index (χ4n) is 4.22. The average molecular weight is 393 g/mol. The van der Waals surface area contributed by atoms with Crippen LogP contribution < -0.4 is 5.69 Å². The van der Waals surface area contributed by atoms with Gasteiger partial charge in [0.2, 0.25) is 5.91 Å². The molecule has 1 aromatic carbocycles. The van der Waals surface area contributed by atoms with Gasteiger partial charge in [0, 0.05) is 45.0 Å². The Labute approximate surface area is 170 Å². The lowest BCUT2D eigenvalue weighted by atomic mass is 10.1. The molecule has 4 rings (SSSR count). The molecule has 3 heterocycles. The monoisotopic (exact) mass is 393 g/mol. The van der Waals surface area contributed by atoms with Crippen molar-refractivity contribution in [2.45, 2.75) is 39.5 Å². The average Bonchev–Trinajstić information content (AvgIpc) is 3.00. The first-order chi connectivity index (χ1) is 14.1. The molecule has 29 heavy (non-hydrogen) atoms. The molecule has 1 atom stereocenters. The maximum atomic E-state index is 13.1. The number of benzene rings is 1. The SMILES string of the molecule is CCn1c(=O)n(CC(=O)N2CCN(Cc3ccccn3)CC2C)c2ccccc21. The Morgan fingerprint density at radius 2 is 1.79 bits per heavy atom. The number of carbonyl (C=O) groups is 1. The standard InChI is InChI=1S/C22H27N5O2/c1-3-25-19-9-4-5-10-20(19)27(22(25)29)16-21(28)26-13-12-24(14-17(26)2)15-18-8-6-7-11-23-18/h4-11,17H,3,12-16H2,1-2H3. The number of carbonyl (C=O) groups excluding carboxylic acids is 1. The van der Waals surface area contributed by atoms with E-state index in [0.29, 0.717) is 13.1 Å². The Balaban J connectivity index is 1.47. The van der Waals surface area contributed by atoms with Crippen LogP contribution in [0.4, 0.5) is 0 Å². The molecular formula is C22H27N5O2. The van der Waals surface area contributed by atoms with Crippen LogP contribution in [0.1, 0.15) is 19.5 Å². The molecule has 1 fully saturated rings. The summed E-state index contributed by atoms with van der Waals surface area (Å²) in [5.41, 5.74) is 2.61. The summed E-state index contributed by atoms with van der Waals surface area (Å²) in [6, 6.07) is 13.7. The summed E-state index contributed by atoms with van der Waals surface area (Å²) >= 11 is 0. The van der Waals surface area contributed by atoms with Gasteiger partial charge in [-0.05, 0) is 38.1 Å². The first-order valence-electron chi connectivity index (χ1n) is 10.2. The maximum Gasteiger partial charge on any atom is 0.329 e. The van der Waals surface area contributed by atoms with Crippen LogP contribution in [0, 0.1) is 0 Å². The molecule has 1 amide bonds. The van der Waals surface area contributed by atoms with E-state index < -0.39 is 0 Å². The van der Waals surface area contributed by atoms with Gasteiger partial charge >= 0.3 is 5.69 Å². The number of piperazine rings is 1. The van der Waals surface area contributed by atoms with Crippen LogP contribution in [0.15, 0.2) is 53.5 Å². The lowest BCUT2D eigenvalue weighted by molar-refractivity contribution is -0.136. The number of pyridine rings is 1. The van der Waals surface area contributed by atoms with E-state index in [4.69, 9.17) is 0 Å². The molecule has 0 N–H and O–H groups in total. The number of rotatable bonds is 5. The minimum absolute atomic E-state index is 0.00362. The molecule has 0 aliphatic carbocycles. The van der Waals surface area contributed by atoms with Crippen molar-refractivity contribution in [3.8, 4) is 0 Å². The molecule has 7 heteroatoms. The zero-order chi connectivity index (χ0) is 20.4. The number of para-hydroxylation sites is 2. The predicted molar refractivity (Wildman–Crippen MR) is 113 cm³/mol. The minimum atomic E-state index is -0.122. The molecule has 0 spiro atoms. The summed E-state index contributed by atoms with van der Waals surface area (Å²) in [6.07, 6.45) is 1.81. The second kappa shape index (κ2) is 8.21. The molecule has 152 valence electrons. The smallest absolute Gasteiger partial charge is 0.329 e. The Morgan fingerprint density at radius 3 is 2.45 bits per heavy atom. The van der Waals surface area contributed by atoms with E-state index in [-0.39, 0.29) is 24.2 Å². The Morgan fingerprint density at radius 1 is 1.07 bits per heavy atom. The maximum absolute atomic E-state index is 13.1. The van der Waals surface area contributed by atoms with Crippen LogP contribution in [0.2, 0.25) is 0 Å². The highest BCUT2D eigenvalue weighted by Crippen LogP contribution is 2.16. The first-order valence-corrected chi connectivity index (χ1v) is 10.2. The van der Waals surface area contributed by atoms with Crippen LogP contribution in [0.3, 0.4) is 0 Å². The molecule has 1 aliphatic rings. The number of aromatic nitrogens is 3. The van der Waals surface area contributed by atoms with Gasteiger partial charge in [0.05, 0.1) is 16.7 Å². The van der Waals surface area contributed by atoms with Gasteiger partial charge in [-0.25, -0.2) is 4.79 Å². The molecule has 2 aromatic heterocycles. The molecule has 1 aliphatic heterocycles. The first kappa shape index (κ1) is 19.4. The highest BCUT2D eigenvalue weighted by atomic mass is 16.2. The fraction of sp³-hybridized carbons (Fsp3) is 0.409. The van der Waals surface area contributed by atoms with Crippen molar-refractivity contribution in [2.75, 3.05) is 19.6 Å². The highest BCUT2D eigenvalue weighted by Gasteiger charge is 2.28. The van der Waals surface area contributed by atoms with Crippen LogP contribution in [0.5, 0.6) is 0 Å². The van der Waals surface area contributed by atoms with E-state index in [0.717, 1.165) is 36.4 Å². The zero-order valence-corrected chi connectivity index (χ0v) is 17.0. The van der Waals surface area contributed by atoms with E-state index in [2.05, 4.69) is 16.8 Å². The molecule has 1 unspecified atom stereocenters. The third-order valence-electron chi connectivity index (χ3n) is 5.68. The van der Waals surface area contributed by atoms with Crippen LogP contribution in [0.25, 0.3) is 11.0 Å². The van der Waals surface area contributed by atoms with Gasteiger partial charge in [0.25, 0.3) is 0 Å². The van der Waals surface area contributed by atoms with E-state index in [1.165, 1.54) is 0 Å². The summed E-state index contributed by atoms with van der Waals surface area (Å²) in [5.74, 6) is -0.00362. The zero-order valence-electron chi connectivity index (χ0n) is 17.0. The van der Waals surface area contributed by atoms with Gasteiger partial charge < -0.3 is 4.90 Å². The Hall–Kier alpha value is -2.93. The van der Waals surface area contributed by atoms with Crippen LogP contribution in [-0.2, 0) is 24.4 Å². The summed E-state index contributed by atoms with van der Waals surface area (Å²) in [6.45, 7) is 7.74. The van der Waals surface area contributed by atoms with Crippen LogP contribution >= 0.6 is 0 Å². The molecule has 0 radical (unpaired) electrons. The summed E-state index contributed by atoms with van der Waals surface area (Å²) in [5, 5.41) is 0. The minimum Gasteiger partial charge on any atom is -0.336 e. The molecule has 1 saturated heterocycles. The number of hydrogen-bond donors (Lipinski definition) is 0. The molecule has 7 nitrogen and oxygen atoms in total. The van der Waals surface area contributed by atoms with E-state index in [1.807, 2.05) is 60.5 Å². The third kappa shape index (κ3) is 3.82. The van der Waals surface area contributed by atoms with Gasteiger partial charge in [-0.3, -0.25) is 23.8 Å². The number of nitrogens with zero attached hydrogens (tertiary/aromatic N) is 5. The van der Waals surface area contributed by atoms with Crippen molar-refractivity contribution in [3.63, 3.8) is 0 Å². The largest absolute Gasteiger partial charge is 0.336 e. The van der Waals surface area contributed by atoms with E-state index >= 15 is 0 Å². The van der Waals surface area contributed by atoms with Crippen LogP contribution in [-0.4, -0.2) is 55.5 Å². The van der Waals surface area contributed by atoms with E-state index in [1.54, 1.807) is 9.13 Å². The highest BCUT2D eigenvalue weighted by molar-refractivity contribution is 5.81. The fourth-order valence-corrected chi connectivity index (χ4v) is 4.22. The quantitative estimate of drug-likeness (QED) is 0.665. The van der Waals surface area contributed by atoms with Crippen molar-refractivity contribution < 1.29 is 4.79 Å². The van der Waals surface area contributed by atoms with Crippen molar-refractivity contribution in [2.24, 2.45) is 0 Å². The van der Waals surface area contributed by atoms with Gasteiger partial charge in [-0.2, -0.15) is 0 Å². The number of imidazole rings is 1. The van der Waals surface area contributed by atoms with Gasteiger partial charge in [-0.15, -0.1) is 0 Å². The van der Waals surface area contributed by atoms with Crippen molar-refractivity contribution in [3.05, 3.63) is 64.8 Å². The van der Waals surface area contributed by atoms with Gasteiger partial charge in [0.1, 0.15) is 6.54 Å². The topological polar surface area (TPSA) is 63.4 Å². The van der Waals surface area contributed by atoms with E-state index in [9.17, 15) is 9.59 Å². The van der Waals surface area contributed by atoms with Gasteiger partial charge in [-0.1, -0.05) is 18.2 Å². The summed E-state index contributed by atoms with van der Waals surface area (Å²) < 4.78 is 3.32. The Kier molecular flexibility index (Phi) is 5.49. The number of aryl methyl sites for hydroxylation is 1.